The fraction of sp³-hybridized carbons (Fsp3) is 0.250. The Bertz CT molecular complexity index is 781. The molecule has 2 aromatic carbocycles. The minimum atomic E-state index is -4.33. The van der Waals surface area contributed by atoms with E-state index in [0.717, 1.165) is 5.56 Å². The van der Waals surface area contributed by atoms with Crippen LogP contribution in [0.25, 0.3) is 4.98 Å². The number of nitrogens with zero attached hydrogens (tertiary/aromatic N) is 2. The summed E-state index contributed by atoms with van der Waals surface area (Å²) in [5.41, 5.74) is 3.77. The lowest BCUT2D eigenvalue weighted by atomic mass is 10.1. The number of hydrogen-bond acceptors (Lipinski definition) is 4. The molecule has 2 aromatic rings. The number of diazo groups is 1. The lowest BCUT2D eigenvalue weighted by Gasteiger charge is -2.14. The Labute approximate surface area is 131 Å². The standard InChI is InChI=1S/C9H12O3S.C7H7N2/c1-6-4-7(2)9(8(3)5-6)13(10,11)12;1-6-2-4-7(9-8)5-3-6/h4-5H,1-3H3,(H,10,11,12);2-5H,1H3/q;+1/p-1. The molecule has 116 valence electrons. The first-order valence-electron chi connectivity index (χ1n) is 6.60. The fourth-order valence-corrected chi connectivity index (χ4v) is 3.08. The van der Waals surface area contributed by atoms with Gasteiger partial charge in [-0.1, -0.05) is 35.4 Å². The number of rotatable bonds is 1. The van der Waals surface area contributed by atoms with Crippen LogP contribution in [0.4, 0.5) is 5.69 Å². The highest BCUT2D eigenvalue weighted by molar-refractivity contribution is 7.85. The average molecular weight is 318 g/mol. The van der Waals surface area contributed by atoms with Gasteiger partial charge in [-0.05, 0) is 38.8 Å². The molecule has 22 heavy (non-hydrogen) atoms. The minimum Gasteiger partial charge on any atom is -0.744 e. The first kappa shape index (κ1) is 17.8. The zero-order chi connectivity index (χ0) is 16.9. The van der Waals surface area contributed by atoms with E-state index in [2.05, 4.69) is 4.98 Å². The van der Waals surface area contributed by atoms with Crippen molar-refractivity contribution in [3.8, 4) is 0 Å². The zero-order valence-corrected chi connectivity index (χ0v) is 13.8. The van der Waals surface area contributed by atoms with Crippen molar-refractivity contribution in [2.45, 2.75) is 32.6 Å². The van der Waals surface area contributed by atoms with Crippen LogP contribution in [0.3, 0.4) is 0 Å². The van der Waals surface area contributed by atoms with Gasteiger partial charge in [0.15, 0.2) is 4.98 Å². The van der Waals surface area contributed by atoms with Gasteiger partial charge in [-0.15, -0.1) is 0 Å². The van der Waals surface area contributed by atoms with Crippen LogP contribution in [0, 0.1) is 33.1 Å². The second kappa shape index (κ2) is 7.16. The van der Waals surface area contributed by atoms with E-state index in [4.69, 9.17) is 5.39 Å². The molecule has 0 aromatic heterocycles. The fourth-order valence-electron chi connectivity index (χ4n) is 2.17. The van der Waals surface area contributed by atoms with E-state index in [1.165, 1.54) is 5.56 Å². The molecule has 0 aliphatic carbocycles. The normalized spacial score (nSPS) is 10.4. The Balaban J connectivity index is 0.000000235. The maximum Gasteiger partial charge on any atom is 0.385 e. The summed E-state index contributed by atoms with van der Waals surface area (Å²) in [7, 11) is -4.33. The molecule has 0 saturated heterocycles. The summed E-state index contributed by atoms with van der Waals surface area (Å²) in [6.45, 7) is 7.11. The summed E-state index contributed by atoms with van der Waals surface area (Å²) >= 11 is 0. The molecule has 0 spiro atoms. The number of benzene rings is 2. The van der Waals surface area contributed by atoms with E-state index in [1.54, 1.807) is 38.1 Å². The van der Waals surface area contributed by atoms with Crippen LogP contribution in [0.1, 0.15) is 22.3 Å². The van der Waals surface area contributed by atoms with Crippen LogP contribution in [0.5, 0.6) is 0 Å². The van der Waals surface area contributed by atoms with Gasteiger partial charge in [-0.25, -0.2) is 8.42 Å². The highest BCUT2D eigenvalue weighted by Crippen LogP contribution is 2.20. The molecule has 0 fully saturated rings. The highest BCUT2D eigenvalue weighted by Gasteiger charge is 2.09. The van der Waals surface area contributed by atoms with Crippen molar-refractivity contribution >= 4 is 15.8 Å². The van der Waals surface area contributed by atoms with Gasteiger partial charge in [0.1, 0.15) is 10.1 Å². The summed E-state index contributed by atoms with van der Waals surface area (Å²) < 4.78 is 32.5. The predicted molar refractivity (Wildman–Crippen MR) is 84.5 cm³/mol. The average Bonchev–Trinajstić information content (AvgIpc) is 2.37. The van der Waals surface area contributed by atoms with Gasteiger partial charge in [-0.3, -0.25) is 0 Å². The van der Waals surface area contributed by atoms with Gasteiger partial charge in [0, 0.05) is 12.1 Å². The second-order valence-corrected chi connectivity index (χ2v) is 6.43. The molecular weight excluding hydrogens is 300 g/mol. The van der Waals surface area contributed by atoms with E-state index in [1.807, 2.05) is 26.0 Å². The molecule has 0 atom stereocenters. The minimum absolute atomic E-state index is 0.0851. The van der Waals surface area contributed by atoms with Crippen LogP contribution in [0.15, 0.2) is 41.3 Å². The molecule has 5 nitrogen and oxygen atoms in total. The molecule has 0 amide bonds. The van der Waals surface area contributed by atoms with E-state index in [9.17, 15) is 13.0 Å². The van der Waals surface area contributed by atoms with Gasteiger partial charge < -0.3 is 4.55 Å². The largest absolute Gasteiger partial charge is 0.744 e. The SMILES string of the molecule is Cc1cc(C)c(S(=O)(=O)[O-])c(C)c1.Cc1ccc([N+]#N)cc1. The molecule has 0 bridgehead atoms. The molecule has 0 N–H and O–H groups in total. The molecule has 0 unspecified atom stereocenters. The molecule has 6 heteroatoms. The van der Waals surface area contributed by atoms with Crippen LogP contribution < -0.4 is 0 Å². The molecular formula is C16H18N2O3S. The first-order valence-corrected chi connectivity index (χ1v) is 8.01. The van der Waals surface area contributed by atoms with Crippen molar-refractivity contribution in [1.82, 2.24) is 0 Å². The quantitative estimate of drug-likeness (QED) is 0.587. The second-order valence-electron chi connectivity index (χ2n) is 5.12. The van der Waals surface area contributed by atoms with Gasteiger partial charge in [-0.2, -0.15) is 0 Å². The Morgan fingerprint density at radius 1 is 0.909 bits per heavy atom. The van der Waals surface area contributed by atoms with E-state index in [0.29, 0.717) is 16.8 Å². The maximum atomic E-state index is 10.8. The predicted octanol–water partition coefficient (Wildman–Crippen LogP) is 4.00. The van der Waals surface area contributed by atoms with E-state index >= 15 is 0 Å². The third-order valence-corrected chi connectivity index (χ3v) is 4.15. The molecule has 2 rings (SSSR count). The summed E-state index contributed by atoms with van der Waals surface area (Å²) in [6, 6.07) is 10.7. The van der Waals surface area contributed by atoms with E-state index in [-0.39, 0.29) is 4.90 Å². The third kappa shape index (κ3) is 4.95. The zero-order valence-electron chi connectivity index (χ0n) is 13.0. The molecule has 0 aliphatic rings. The van der Waals surface area contributed by atoms with Crippen molar-refractivity contribution < 1.29 is 13.0 Å². The van der Waals surface area contributed by atoms with Crippen molar-refractivity contribution in [3.05, 3.63) is 63.6 Å². The summed E-state index contributed by atoms with van der Waals surface area (Å²) in [4.78, 5) is 2.93. The van der Waals surface area contributed by atoms with Crippen LogP contribution in [-0.2, 0) is 10.1 Å². The summed E-state index contributed by atoms with van der Waals surface area (Å²) in [5, 5.41) is 8.25. The Hall–Kier alpha value is -2.23. The van der Waals surface area contributed by atoms with Crippen LogP contribution >= 0.6 is 0 Å². The third-order valence-electron chi connectivity index (χ3n) is 3.00. The molecule has 0 saturated carbocycles. The van der Waals surface area contributed by atoms with Crippen LogP contribution in [0.2, 0.25) is 0 Å². The van der Waals surface area contributed by atoms with Crippen LogP contribution in [-0.4, -0.2) is 13.0 Å². The monoisotopic (exact) mass is 318 g/mol. The van der Waals surface area contributed by atoms with Crippen molar-refractivity contribution in [1.29, 1.82) is 5.39 Å². The Morgan fingerprint density at radius 3 is 1.73 bits per heavy atom. The smallest absolute Gasteiger partial charge is 0.385 e. The van der Waals surface area contributed by atoms with Gasteiger partial charge in [0.25, 0.3) is 0 Å². The number of hydrogen-bond donors (Lipinski definition) is 0. The Kier molecular flexibility index (Phi) is 5.80. The summed E-state index contributed by atoms with van der Waals surface area (Å²) in [5.74, 6) is 0. The molecule has 0 aliphatic heterocycles. The lowest BCUT2D eigenvalue weighted by molar-refractivity contribution is 0.462. The lowest BCUT2D eigenvalue weighted by Crippen LogP contribution is -2.04. The van der Waals surface area contributed by atoms with Gasteiger partial charge >= 0.3 is 5.69 Å². The van der Waals surface area contributed by atoms with Crippen molar-refractivity contribution in [3.63, 3.8) is 0 Å². The highest BCUT2D eigenvalue weighted by atomic mass is 32.2. The number of aryl methyl sites for hydroxylation is 4. The topological polar surface area (TPSA) is 85.3 Å². The van der Waals surface area contributed by atoms with Gasteiger partial charge in [0.2, 0.25) is 5.39 Å². The van der Waals surface area contributed by atoms with E-state index < -0.39 is 10.1 Å². The molecule has 0 radical (unpaired) electrons. The summed E-state index contributed by atoms with van der Waals surface area (Å²) in [6.07, 6.45) is 0. The maximum absolute atomic E-state index is 10.8. The van der Waals surface area contributed by atoms with Crippen molar-refractivity contribution in [2.24, 2.45) is 0 Å². The Morgan fingerprint density at radius 2 is 1.36 bits per heavy atom. The van der Waals surface area contributed by atoms with Gasteiger partial charge in [0.05, 0.1) is 4.90 Å². The first-order chi connectivity index (χ1) is 10.1. The van der Waals surface area contributed by atoms with Crippen molar-refractivity contribution in [2.75, 3.05) is 0 Å². The molecule has 0 heterocycles.